The number of hydrogen-bond donors (Lipinski definition) is 0. The minimum atomic E-state index is -0.0822. The Balaban J connectivity index is 1.29. The van der Waals surface area contributed by atoms with Crippen molar-refractivity contribution in [2.45, 2.75) is 66.2 Å². The number of aryl methyl sites for hydroxylation is 1. The Labute approximate surface area is 277 Å². The zero-order chi connectivity index (χ0) is 33.1. The highest BCUT2D eigenvalue weighted by molar-refractivity contribution is 6.09. The Bertz CT molecular complexity index is 2270. The zero-order valence-electron chi connectivity index (χ0n) is 28.6. The maximum atomic E-state index is 6.57. The van der Waals surface area contributed by atoms with Gasteiger partial charge in [-0.3, -0.25) is 13.7 Å². The molecule has 3 heterocycles. The molecule has 0 saturated carbocycles. The lowest BCUT2D eigenvalue weighted by Gasteiger charge is -2.21. The van der Waals surface area contributed by atoms with Crippen molar-refractivity contribution in [1.29, 1.82) is 0 Å². The van der Waals surface area contributed by atoms with E-state index in [-0.39, 0.29) is 10.8 Å². The second kappa shape index (κ2) is 11.3. The Kier molecular flexibility index (Phi) is 7.31. The molecule has 7 aromatic rings. The van der Waals surface area contributed by atoms with E-state index in [0.29, 0.717) is 0 Å². The molecule has 0 unspecified atom stereocenters. The van der Waals surface area contributed by atoms with Crippen molar-refractivity contribution in [2.24, 2.45) is 0 Å². The smallest absolute Gasteiger partial charge is 0.269 e. The number of benzene rings is 4. The average Bonchev–Trinajstić information content (AvgIpc) is 3.63. The Morgan fingerprint density at radius 3 is 2.23 bits per heavy atom. The third kappa shape index (κ3) is 5.61. The van der Waals surface area contributed by atoms with E-state index in [4.69, 9.17) is 9.72 Å². The second-order valence-corrected chi connectivity index (χ2v) is 14.6. The number of nitrogens with zero attached hydrogens (tertiary/aromatic N) is 4. The van der Waals surface area contributed by atoms with Crippen LogP contribution in [0.5, 0.6) is 11.5 Å². The molecule has 5 nitrogen and oxygen atoms in total. The number of hydrogen-bond acceptors (Lipinski definition) is 2. The zero-order valence-corrected chi connectivity index (χ0v) is 28.6. The molecule has 0 N–H and O–H groups in total. The summed E-state index contributed by atoms with van der Waals surface area (Å²) < 4.78 is 13.1. The molecule has 0 aliphatic carbocycles. The molecule has 0 fully saturated rings. The van der Waals surface area contributed by atoms with Crippen LogP contribution in [0.4, 0.5) is 0 Å². The summed E-state index contributed by atoms with van der Waals surface area (Å²) in [5.74, 6) is 2.43. The molecule has 0 atom stereocenters. The van der Waals surface area contributed by atoms with E-state index < -0.39 is 0 Å². The predicted octanol–water partition coefficient (Wildman–Crippen LogP) is 10.1. The van der Waals surface area contributed by atoms with Crippen LogP contribution in [0.2, 0.25) is 0 Å². The van der Waals surface area contributed by atoms with E-state index in [1.807, 2.05) is 18.3 Å². The summed E-state index contributed by atoms with van der Waals surface area (Å²) in [6.45, 7) is 17.8. The van der Waals surface area contributed by atoms with Crippen LogP contribution < -0.4 is 9.30 Å². The lowest BCUT2D eigenvalue weighted by molar-refractivity contribution is -0.611. The fourth-order valence-electron chi connectivity index (χ4n) is 6.29. The van der Waals surface area contributed by atoms with E-state index in [1.165, 1.54) is 27.8 Å². The van der Waals surface area contributed by atoms with Crippen LogP contribution >= 0.6 is 0 Å². The summed E-state index contributed by atoms with van der Waals surface area (Å²) in [6, 6.07) is 33.8. The van der Waals surface area contributed by atoms with Crippen LogP contribution in [-0.4, -0.2) is 14.1 Å². The Morgan fingerprint density at radius 2 is 1.45 bits per heavy atom. The van der Waals surface area contributed by atoms with Gasteiger partial charge in [-0.15, -0.1) is 0 Å². The van der Waals surface area contributed by atoms with Crippen molar-refractivity contribution in [3.05, 3.63) is 138 Å². The van der Waals surface area contributed by atoms with Gasteiger partial charge in [-0.25, -0.2) is 4.98 Å². The van der Waals surface area contributed by atoms with Gasteiger partial charge in [0.1, 0.15) is 17.3 Å². The summed E-state index contributed by atoms with van der Waals surface area (Å²) in [4.78, 5) is 4.83. The van der Waals surface area contributed by atoms with E-state index in [9.17, 15) is 0 Å². The summed E-state index contributed by atoms with van der Waals surface area (Å²) in [6.07, 6.45) is 7.72. The number of imidazole rings is 1. The highest BCUT2D eigenvalue weighted by Gasteiger charge is 2.23. The standard InChI is InChI=1S/C42H42N4O/c1-28-13-11-18-36(29(28)2)45-27-44(26-39(45)42(6,7)8)31-14-12-15-32(24-31)47-33-19-20-35-34-16-9-10-17-37(34)46(38(35)25-33)40-23-30(21-22-43-40)41(3,4)5/h9-26H,1-8H3. The molecule has 0 saturated heterocycles. The van der Waals surface area contributed by atoms with Gasteiger partial charge in [0.2, 0.25) is 0 Å². The maximum absolute atomic E-state index is 6.57. The molecule has 236 valence electrons. The molecule has 47 heavy (non-hydrogen) atoms. The second-order valence-electron chi connectivity index (χ2n) is 14.6. The fraction of sp³-hybridized carbons (Fsp3) is 0.238. The third-order valence-electron chi connectivity index (χ3n) is 9.10. The molecular weight excluding hydrogens is 576 g/mol. The maximum Gasteiger partial charge on any atom is 0.269 e. The van der Waals surface area contributed by atoms with Gasteiger partial charge in [-0.05, 0) is 90.4 Å². The SMILES string of the molecule is Cc1cccc(-[n+]2[c-]n(-c3cccc(Oc4ccc5c6ccccc6n(-c6cc(C(C)(C)C)ccn6)c5c4)c3)cc2C(C)(C)C)c1C. The van der Waals surface area contributed by atoms with Gasteiger partial charge in [0.15, 0.2) is 0 Å². The molecule has 0 radical (unpaired) electrons. The first-order valence-corrected chi connectivity index (χ1v) is 16.3. The number of para-hydroxylation sites is 1. The molecule has 0 spiro atoms. The van der Waals surface area contributed by atoms with Gasteiger partial charge in [0.05, 0.1) is 28.1 Å². The van der Waals surface area contributed by atoms with Gasteiger partial charge >= 0.3 is 0 Å². The Hall–Kier alpha value is -5.16. The van der Waals surface area contributed by atoms with E-state index in [2.05, 4.69) is 167 Å². The molecule has 0 bridgehead atoms. The molecule has 7 rings (SSSR count). The molecule has 3 aromatic heterocycles. The first-order chi connectivity index (χ1) is 22.4. The van der Waals surface area contributed by atoms with Gasteiger partial charge < -0.3 is 4.74 Å². The first-order valence-electron chi connectivity index (χ1n) is 16.3. The van der Waals surface area contributed by atoms with Crippen molar-refractivity contribution in [3.63, 3.8) is 0 Å². The molecule has 4 aromatic carbocycles. The monoisotopic (exact) mass is 618 g/mol. The fourth-order valence-corrected chi connectivity index (χ4v) is 6.29. The van der Waals surface area contributed by atoms with Gasteiger partial charge in [-0.2, -0.15) is 0 Å². The van der Waals surface area contributed by atoms with Crippen LogP contribution in [-0.2, 0) is 10.8 Å². The predicted molar refractivity (Wildman–Crippen MR) is 192 cm³/mol. The number of rotatable bonds is 5. The van der Waals surface area contributed by atoms with Crippen LogP contribution in [0.3, 0.4) is 0 Å². The lowest BCUT2D eigenvalue weighted by atomic mass is 9.88. The largest absolute Gasteiger partial charge is 0.458 e. The average molecular weight is 619 g/mol. The topological polar surface area (TPSA) is 35.9 Å². The minimum absolute atomic E-state index is 0.0126. The summed E-state index contributed by atoms with van der Waals surface area (Å²) in [5.41, 5.74) is 9.18. The number of pyridine rings is 1. The van der Waals surface area contributed by atoms with Crippen molar-refractivity contribution in [2.75, 3.05) is 0 Å². The van der Waals surface area contributed by atoms with Crippen molar-refractivity contribution in [1.82, 2.24) is 14.1 Å². The van der Waals surface area contributed by atoms with Crippen molar-refractivity contribution >= 4 is 21.8 Å². The van der Waals surface area contributed by atoms with Crippen LogP contribution in [0.1, 0.15) is 63.9 Å². The normalized spacial score (nSPS) is 12.3. The number of fused-ring (bicyclic) bond motifs is 3. The van der Waals surface area contributed by atoms with Gasteiger partial charge in [0.25, 0.3) is 6.33 Å². The summed E-state index contributed by atoms with van der Waals surface area (Å²) in [7, 11) is 0. The van der Waals surface area contributed by atoms with Crippen LogP contribution in [0, 0.1) is 20.2 Å². The van der Waals surface area contributed by atoms with Gasteiger partial charge in [0, 0.05) is 29.2 Å². The highest BCUT2D eigenvalue weighted by atomic mass is 16.5. The molecule has 5 heteroatoms. The highest BCUT2D eigenvalue weighted by Crippen LogP contribution is 2.36. The van der Waals surface area contributed by atoms with Crippen molar-refractivity contribution < 1.29 is 9.30 Å². The van der Waals surface area contributed by atoms with Crippen LogP contribution in [0.25, 0.3) is 39.0 Å². The number of aromatic nitrogens is 4. The lowest BCUT2D eigenvalue weighted by Crippen LogP contribution is -2.39. The molecule has 0 amide bonds. The summed E-state index contributed by atoms with van der Waals surface area (Å²) in [5, 5.41) is 2.35. The number of ether oxygens (including phenoxy) is 1. The van der Waals surface area contributed by atoms with E-state index in [1.54, 1.807) is 0 Å². The summed E-state index contributed by atoms with van der Waals surface area (Å²) >= 11 is 0. The van der Waals surface area contributed by atoms with E-state index >= 15 is 0 Å². The van der Waals surface area contributed by atoms with E-state index in [0.717, 1.165) is 45.1 Å². The molecular formula is C42H42N4O. The molecule has 0 aliphatic rings. The quantitative estimate of drug-likeness (QED) is 0.142. The van der Waals surface area contributed by atoms with Crippen molar-refractivity contribution in [3.8, 4) is 28.7 Å². The first kappa shape index (κ1) is 30.5. The minimum Gasteiger partial charge on any atom is -0.458 e. The molecule has 0 aliphatic heterocycles. The van der Waals surface area contributed by atoms with Crippen LogP contribution in [0.15, 0.2) is 109 Å². The third-order valence-corrected chi connectivity index (χ3v) is 9.10. The Morgan fingerprint density at radius 1 is 0.702 bits per heavy atom. The van der Waals surface area contributed by atoms with Gasteiger partial charge in [-0.1, -0.05) is 83.5 Å².